The quantitative estimate of drug-likeness (QED) is 0.0215. The topological polar surface area (TPSA) is 189 Å². The van der Waals surface area contributed by atoms with Gasteiger partial charge in [0.2, 0.25) is 5.91 Å². The van der Waals surface area contributed by atoms with Crippen molar-refractivity contribution in [1.82, 2.24) is 5.32 Å². The van der Waals surface area contributed by atoms with Crippen molar-refractivity contribution >= 4 is 5.91 Å². The van der Waals surface area contributed by atoms with Crippen molar-refractivity contribution in [2.75, 3.05) is 13.2 Å². The second-order valence-electron chi connectivity index (χ2n) is 20.4. The summed E-state index contributed by atoms with van der Waals surface area (Å²) in [5.41, 5.74) is 0. The highest BCUT2D eigenvalue weighted by Gasteiger charge is 2.44. The Morgan fingerprint density at radius 1 is 0.515 bits per heavy atom. The van der Waals surface area contributed by atoms with Gasteiger partial charge >= 0.3 is 0 Å². The third-order valence-electron chi connectivity index (χ3n) is 14.0. The van der Waals surface area contributed by atoms with Gasteiger partial charge in [-0.3, -0.25) is 4.79 Å². The number of hydrogen-bond acceptors (Lipinski definition) is 10. The molecule has 1 rings (SSSR count). The molecule has 9 unspecified atom stereocenters. The number of amides is 1. The number of hydrogen-bond donors (Lipinski definition) is 8. The number of nitrogens with one attached hydrogen (secondary N) is 1. The second kappa shape index (κ2) is 46.6. The van der Waals surface area contributed by atoms with E-state index in [0.717, 1.165) is 57.8 Å². The van der Waals surface area contributed by atoms with E-state index in [1.165, 1.54) is 167 Å². The molecule has 1 saturated heterocycles. The molecule has 11 nitrogen and oxygen atoms in total. The highest BCUT2D eigenvalue weighted by atomic mass is 16.7. The molecule has 0 aliphatic carbocycles. The van der Waals surface area contributed by atoms with Gasteiger partial charge in [-0.15, -0.1) is 0 Å². The Morgan fingerprint density at radius 2 is 0.882 bits per heavy atom. The molecule has 0 saturated carbocycles. The maximum Gasteiger partial charge on any atom is 0.249 e. The lowest BCUT2D eigenvalue weighted by atomic mass is 9.98. The van der Waals surface area contributed by atoms with Crippen LogP contribution in [0.1, 0.15) is 264 Å². The lowest BCUT2D eigenvalue weighted by molar-refractivity contribution is -0.303. The molecule has 1 fully saturated rings. The molecule has 1 amide bonds. The van der Waals surface area contributed by atoms with E-state index in [0.29, 0.717) is 19.3 Å². The first-order valence-corrected chi connectivity index (χ1v) is 28.8. The zero-order valence-corrected chi connectivity index (χ0v) is 43.9. The largest absolute Gasteiger partial charge is 0.394 e. The molecule has 0 aromatic heterocycles. The minimum Gasteiger partial charge on any atom is -0.394 e. The molecular formula is C57H109NO10. The van der Waals surface area contributed by atoms with Crippen LogP contribution in [-0.2, 0) is 14.3 Å². The molecule has 0 radical (unpaired) electrons. The third-order valence-corrected chi connectivity index (χ3v) is 14.0. The number of rotatable bonds is 49. The van der Waals surface area contributed by atoms with Crippen molar-refractivity contribution in [3.8, 4) is 0 Å². The molecule has 11 heteroatoms. The van der Waals surface area contributed by atoms with Gasteiger partial charge < -0.3 is 50.5 Å². The van der Waals surface area contributed by atoms with Crippen molar-refractivity contribution in [1.29, 1.82) is 0 Å². The fourth-order valence-corrected chi connectivity index (χ4v) is 9.32. The number of allylic oxidation sites excluding steroid dienone is 4. The van der Waals surface area contributed by atoms with E-state index in [4.69, 9.17) is 9.47 Å². The predicted molar refractivity (Wildman–Crippen MR) is 279 cm³/mol. The van der Waals surface area contributed by atoms with E-state index in [1.807, 2.05) is 0 Å². The molecule has 8 N–H and O–H groups in total. The average Bonchev–Trinajstić information content (AvgIpc) is 3.34. The van der Waals surface area contributed by atoms with Crippen LogP contribution in [0.5, 0.6) is 0 Å². The summed E-state index contributed by atoms with van der Waals surface area (Å²) >= 11 is 0. The van der Waals surface area contributed by atoms with Gasteiger partial charge in [0.15, 0.2) is 6.29 Å². The lowest BCUT2D eigenvalue weighted by Crippen LogP contribution is -2.60. The lowest BCUT2D eigenvalue weighted by Gasteiger charge is -2.40. The molecule has 402 valence electrons. The summed E-state index contributed by atoms with van der Waals surface area (Å²) in [4.78, 5) is 13.1. The second-order valence-corrected chi connectivity index (χ2v) is 20.4. The minimum absolute atomic E-state index is 0.243. The molecule has 0 bridgehead atoms. The van der Waals surface area contributed by atoms with Crippen LogP contribution in [0.4, 0.5) is 0 Å². The van der Waals surface area contributed by atoms with Crippen LogP contribution in [-0.4, -0.2) is 110 Å². The highest BCUT2D eigenvalue weighted by molar-refractivity contribution is 5.80. The van der Waals surface area contributed by atoms with E-state index in [1.54, 1.807) is 0 Å². The molecule has 68 heavy (non-hydrogen) atoms. The molecule has 0 aromatic rings. The van der Waals surface area contributed by atoms with Crippen LogP contribution in [0.3, 0.4) is 0 Å². The Balaban J connectivity index is 2.27. The Hall–Kier alpha value is -1.41. The summed E-state index contributed by atoms with van der Waals surface area (Å²) in [5, 5.41) is 76.0. The first-order valence-electron chi connectivity index (χ1n) is 28.8. The summed E-state index contributed by atoms with van der Waals surface area (Å²) in [6.45, 7) is 3.43. The van der Waals surface area contributed by atoms with Crippen molar-refractivity contribution in [3.63, 3.8) is 0 Å². The fraction of sp³-hybridized carbons (Fsp3) is 0.912. The molecule has 1 aliphatic rings. The van der Waals surface area contributed by atoms with Crippen LogP contribution in [0.25, 0.3) is 0 Å². The van der Waals surface area contributed by atoms with Crippen molar-refractivity contribution in [2.45, 2.75) is 319 Å². The molecule has 9 atom stereocenters. The Bertz CT molecular complexity index is 1160. The average molecular weight is 968 g/mol. The van der Waals surface area contributed by atoms with Gasteiger partial charge in [-0.2, -0.15) is 0 Å². The van der Waals surface area contributed by atoms with Gasteiger partial charge in [0.1, 0.15) is 36.6 Å². The van der Waals surface area contributed by atoms with Gasteiger partial charge in [-0.05, 0) is 38.5 Å². The van der Waals surface area contributed by atoms with E-state index in [2.05, 4.69) is 43.5 Å². The number of unbranched alkanes of at least 4 members (excludes halogenated alkanes) is 34. The molecular weight excluding hydrogens is 859 g/mol. The van der Waals surface area contributed by atoms with Gasteiger partial charge in [0.05, 0.1) is 25.4 Å². The summed E-state index contributed by atoms with van der Waals surface area (Å²) in [5.74, 6) is -0.707. The minimum atomic E-state index is -1.66. The third kappa shape index (κ3) is 34.8. The molecule has 1 aliphatic heterocycles. The van der Waals surface area contributed by atoms with Gasteiger partial charge in [-0.1, -0.05) is 250 Å². The van der Waals surface area contributed by atoms with E-state index in [-0.39, 0.29) is 6.42 Å². The number of carbonyl (C=O) groups excluding carboxylic acids is 1. The van der Waals surface area contributed by atoms with Crippen LogP contribution in [0.15, 0.2) is 24.3 Å². The zero-order chi connectivity index (χ0) is 49.7. The number of carbonyl (C=O) groups is 1. The summed E-state index contributed by atoms with van der Waals surface area (Å²) in [6, 6.07) is -1.17. The maximum atomic E-state index is 13.1. The van der Waals surface area contributed by atoms with Crippen molar-refractivity contribution in [2.24, 2.45) is 0 Å². The summed E-state index contributed by atoms with van der Waals surface area (Å²) in [6.07, 6.45) is 43.8. The summed E-state index contributed by atoms with van der Waals surface area (Å²) in [7, 11) is 0. The summed E-state index contributed by atoms with van der Waals surface area (Å²) < 4.78 is 11.1. The SMILES string of the molecule is CCCCC/C=C\C=C/CCCCCCCC(O)C(=O)NC(COC1OC(CO)C(O)C(O)C1O)C(O)C(O)CCCCCCCCCCCCCCCCCCCCCCCCCCCCC. The first kappa shape index (κ1) is 64.6. The molecule has 0 aromatic carbocycles. The predicted octanol–water partition coefficient (Wildman–Crippen LogP) is 11.7. The number of aliphatic hydroxyl groups is 7. The van der Waals surface area contributed by atoms with Crippen LogP contribution >= 0.6 is 0 Å². The molecule has 1 heterocycles. The molecule has 0 spiro atoms. The van der Waals surface area contributed by atoms with E-state index >= 15 is 0 Å². The zero-order valence-electron chi connectivity index (χ0n) is 43.9. The van der Waals surface area contributed by atoms with Crippen LogP contribution in [0, 0.1) is 0 Å². The van der Waals surface area contributed by atoms with Crippen molar-refractivity contribution < 1.29 is 50.0 Å². The van der Waals surface area contributed by atoms with Crippen molar-refractivity contribution in [3.05, 3.63) is 24.3 Å². The van der Waals surface area contributed by atoms with E-state index in [9.17, 15) is 40.5 Å². The first-order chi connectivity index (χ1) is 33.2. The smallest absolute Gasteiger partial charge is 0.249 e. The van der Waals surface area contributed by atoms with Gasteiger partial charge in [0, 0.05) is 0 Å². The number of ether oxygens (including phenoxy) is 2. The van der Waals surface area contributed by atoms with E-state index < -0.39 is 74.2 Å². The normalized spacial score (nSPS) is 20.6. The van der Waals surface area contributed by atoms with Crippen LogP contribution < -0.4 is 5.32 Å². The number of aliphatic hydroxyl groups excluding tert-OH is 7. The van der Waals surface area contributed by atoms with Gasteiger partial charge in [0.25, 0.3) is 0 Å². The standard InChI is InChI=1S/C57H109NO10/c1-3-5-7-9-11-13-15-17-19-20-21-22-23-24-25-26-27-28-29-30-31-33-34-36-38-40-42-44-49(60)52(62)48(47-67-57-55(65)54(64)53(63)51(46-59)68-57)58-56(66)50(61)45-43-41-39-37-35-32-18-16-14-12-10-8-6-4-2/h12,14,16,18,48-55,57,59-65H,3-11,13,15,17,19-47H2,1-2H3,(H,58,66)/b14-12-,18-16-. The highest BCUT2D eigenvalue weighted by Crippen LogP contribution is 2.23. The maximum absolute atomic E-state index is 13.1. The Kier molecular flexibility index (Phi) is 44.3. The van der Waals surface area contributed by atoms with Gasteiger partial charge in [-0.25, -0.2) is 0 Å². The Labute approximate surface area is 416 Å². The monoisotopic (exact) mass is 968 g/mol. The fourth-order valence-electron chi connectivity index (χ4n) is 9.32. The van der Waals surface area contributed by atoms with Crippen LogP contribution in [0.2, 0.25) is 0 Å². The Morgan fingerprint density at radius 3 is 1.31 bits per heavy atom.